The SMILES string of the molecule is CN(C)c1ccccc1N(C)CC1CCOC1. The lowest BCUT2D eigenvalue weighted by molar-refractivity contribution is 0.186. The Balaban J connectivity index is 2.09. The zero-order valence-corrected chi connectivity index (χ0v) is 11.0. The quantitative estimate of drug-likeness (QED) is 0.794. The van der Waals surface area contributed by atoms with Crippen molar-refractivity contribution in [1.29, 1.82) is 0 Å². The van der Waals surface area contributed by atoms with E-state index in [2.05, 4.69) is 55.2 Å². The fourth-order valence-corrected chi connectivity index (χ4v) is 2.38. The van der Waals surface area contributed by atoms with Crippen LogP contribution in [-0.2, 0) is 4.74 Å². The van der Waals surface area contributed by atoms with Gasteiger partial charge in [-0.15, -0.1) is 0 Å². The van der Waals surface area contributed by atoms with Crippen LogP contribution in [0.3, 0.4) is 0 Å². The third-order valence-corrected chi connectivity index (χ3v) is 3.33. The number of para-hydroxylation sites is 2. The van der Waals surface area contributed by atoms with Crippen molar-refractivity contribution >= 4 is 11.4 Å². The molecule has 1 atom stereocenters. The Bertz CT molecular complexity index is 359. The minimum absolute atomic E-state index is 0.676. The van der Waals surface area contributed by atoms with Gasteiger partial charge in [-0.1, -0.05) is 12.1 Å². The Morgan fingerprint density at radius 3 is 2.47 bits per heavy atom. The molecule has 17 heavy (non-hydrogen) atoms. The van der Waals surface area contributed by atoms with E-state index in [1.165, 1.54) is 17.8 Å². The zero-order chi connectivity index (χ0) is 12.3. The molecule has 1 aromatic rings. The molecule has 1 aliphatic heterocycles. The predicted molar refractivity (Wildman–Crippen MR) is 73.0 cm³/mol. The van der Waals surface area contributed by atoms with Crippen LogP contribution in [0, 0.1) is 5.92 Å². The molecule has 0 radical (unpaired) electrons. The average molecular weight is 234 g/mol. The van der Waals surface area contributed by atoms with Crippen LogP contribution in [0.1, 0.15) is 6.42 Å². The second-order valence-electron chi connectivity index (χ2n) is 4.99. The second kappa shape index (κ2) is 5.41. The fourth-order valence-electron chi connectivity index (χ4n) is 2.38. The van der Waals surface area contributed by atoms with Crippen molar-refractivity contribution in [1.82, 2.24) is 0 Å². The summed E-state index contributed by atoms with van der Waals surface area (Å²) in [6.07, 6.45) is 1.19. The summed E-state index contributed by atoms with van der Waals surface area (Å²) in [5.41, 5.74) is 2.57. The smallest absolute Gasteiger partial charge is 0.0601 e. The Morgan fingerprint density at radius 1 is 1.18 bits per heavy atom. The number of hydrogen-bond acceptors (Lipinski definition) is 3. The first-order valence-corrected chi connectivity index (χ1v) is 6.23. The Labute approximate surface area is 104 Å². The Kier molecular flexibility index (Phi) is 3.89. The molecule has 0 amide bonds. The summed E-state index contributed by atoms with van der Waals surface area (Å²) < 4.78 is 5.43. The van der Waals surface area contributed by atoms with Crippen LogP contribution in [0.25, 0.3) is 0 Å². The topological polar surface area (TPSA) is 15.7 Å². The highest BCUT2D eigenvalue weighted by Crippen LogP contribution is 2.28. The van der Waals surface area contributed by atoms with Gasteiger partial charge in [0.15, 0.2) is 0 Å². The highest BCUT2D eigenvalue weighted by atomic mass is 16.5. The number of nitrogens with zero attached hydrogens (tertiary/aromatic N) is 2. The van der Waals surface area contributed by atoms with Gasteiger partial charge in [-0.3, -0.25) is 0 Å². The number of benzene rings is 1. The van der Waals surface area contributed by atoms with E-state index in [1.54, 1.807) is 0 Å². The van der Waals surface area contributed by atoms with Crippen LogP contribution in [0.5, 0.6) is 0 Å². The van der Waals surface area contributed by atoms with Gasteiger partial charge in [-0.25, -0.2) is 0 Å². The summed E-state index contributed by atoms with van der Waals surface area (Å²) in [4.78, 5) is 4.51. The maximum atomic E-state index is 5.43. The van der Waals surface area contributed by atoms with Crippen molar-refractivity contribution in [3.8, 4) is 0 Å². The van der Waals surface area contributed by atoms with Crippen molar-refractivity contribution in [2.45, 2.75) is 6.42 Å². The third kappa shape index (κ3) is 2.91. The molecule has 0 bridgehead atoms. The van der Waals surface area contributed by atoms with Crippen LogP contribution in [0.4, 0.5) is 11.4 Å². The molecule has 1 saturated heterocycles. The molecule has 3 heteroatoms. The lowest BCUT2D eigenvalue weighted by Crippen LogP contribution is -2.27. The minimum atomic E-state index is 0.676. The lowest BCUT2D eigenvalue weighted by atomic mass is 10.1. The van der Waals surface area contributed by atoms with Crippen molar-refractivity contribution in [3.05, 3.63) is 24.3 Å². The summed E-state index contributed by atoms with van der Waals surface area (Å²) in [6, 6.07) is 8.54. The maximum absolute atomic E-state index is 5.43. The number of ether oxygens (including phenoxy) is 1. The van der Waals surface area contributed by atoms with Crippen LogP contribution in [0.2, 0.25) is 0 Å². The van der Waals surface area contributed by atoms with E-state index >= 15 is 0 Å². The molecule has 1 aliphatic rings. The first-order chi connectivity index (χ1) is 8.18. The predicted octanol–water partition coefficient (Wildman–Crippen LogP) is 2.23. The summed E-state index contributed by atoms with van der Waals surface area (Å²) in [5, 5.41) is 0. The normalized spacial score (nSPS) is 19.4. The van der Waals surface area contributed by atoms with Gasteiger partial charge in [0, 0.05) is 40.2 Å². The van der Waals surface area contributed by atoms with E-state index in [1.807, 2.05) is 0 Å². The lowest BCUT2D eigenvalue weighted by Gasteiger charge is -2.27. The summed E-state index contributed by atoms with van der Waals surface area (Å²) in [7, 11) is 6.34. The van der Waals surface area contributed by atoms with Crippen LogP contribution < -0.4 is 9.80 Å². The van der Waals surface area contributed by atoms with E-state index in [0.29, 0.717) is 5.92 Å². The first kappa shape index (κ1) is 12.2. The summed E-state index contributed by atoms with van der Waals surface area (Å²) >= 11 is 0. The van der Waals surface area contributed by atoms with Crippen LogP contribution in [-0.4, -0.2) is 40.9 Å². The van der Waals surface area contributed by atoms with E-state index in [-0.39, 0.29) is 0 Å². The maximum Gasteiger partial charge on any atom is 0.0601 e. The molecule has 0 N–H and O–H groups in total. The third-order valence-electron chi connectivity index (χ3n) is 3.33. The monoisotopic (exact) mass is 234 g/mol. The molecule has 1 unspecified atom stereocenters. The summed E-state index contributed by atoms with van der Waals surface area (Å²) in [6.45, 7) is 2.91. The van der Waals surface area contributed by atoms with Crippen LogP contribution in [0.15, 0.2) is 24.3 Å². The Morgan fingerprint density at radius 2 is 1.88 bits per heavy atom. The average Bonchev–Trinajstić information content (AvgIpc) is 2.81. The first-order valence-electron chi connectivity index (χ1n) is 6.23. The molecule has 0 spiro atoms. The molecule has 1 aromatic carbocycles. The van der Waals surface area contributed by atoms with Gasteiger partial charge in [0.05, 0.1) is 18.0 Å². The molecule has 1 fully saturated rings. The fraction of sp³-hybridized carbons (Fsp3) is 0.571. The van der Waals surface area contributed by atoms with Crippen molar-refractivity contribution in [3.63, 3.8) is 0 Å². The van der Waals surface area contributed by atoms with E-state index in [9.17, 15) is 0 Å². The highest BCUT2D eigenvalue weighted by Gasteiger charge is 2.18. The van der Waals surface area contributed by atoms with E-state index in [4.69, 9.17) is 4.74 Å². The van der Waals surface area contributed by atoms with Crippen molar-refractivity contribution in [2.24, 2.45) is 5.92 Å². The van der Waals surface area contributed by atoms with Crippen LogP contribution >= 0.6 is 0 Å². The molecule has 1 heterocycles. The Hall–Kier alpha value is -1.22. The molecular formula is C14H22N2O. The van der Waals surface area contributed by atoms with Gasteiger partial charge >= 0.3 is 0 Å². The van der Waals surface area contributed by atoms with Crippen molar-refractivity contribution in [2.75, 3.05) is 50.7 Å². The molecule has 0 saturated carbocycles. The van der Waals surface area contributed by atoms with Gasteiger partial charge in [0.25, 0.3) is 0 Å². The molecule has 2 rings (SSSR count). The molecular weight excluding hydrogens is 212 g/mol. The summed E-state index contributed by atoms with van der Waals surface area (Å²) in [5.74, 6) is 0.676. The number of hydrogen-bond donors (Lipinski definition) is 0. The number of rotatable bonds is 4. The van der Waals surface area contributed by atoms with Gasteiger partial charge in [0.1, 0.15) is 0 Å². The molecule has 0 aliphatic carbocycles. The largest absolute Gasteiger partial charge is 0.381 e. The van der Waals surface area contributed by atoms with Gasteiger partial charge < -0.3 is 14.5 Å². The highest BCUT2D eigenvalue weighted by molar-refractivity contribution is 5.70. The standard InChI is InChI=1S/C14H22N2O/c1-15(2)13-6-4-5-7-14(13)16(3)10-12-8-9-17-11-12/h4-7,12H,8-11H2,1-3H3. The van der Waals surface area contributed by atoms with E-state index < -0.39 is 0 Å². The molecule has 0 aromatic heterocycles. The van der Waals surface area contributed by atoms with Crippen molar-refractivity contribution < 1.29 is 4.74 Å². The minimum Gasteiger partial charge on any atom is -0.381 e. The van der Waals surface area contributed by atoms with Gasteiger partial charge in [0.2, 0.25) is 0 Å². The number of anilines is 2. The zero-order valence-electron chi connectivity index (χ0n) is 11.0. The second-order valence-corrected chi connectivity index (χ2v) is 4.99. The molecule has 3 nitrogen and oxygen atoms in total. The van der Waals surface area contributed by atoms with Gasteiger partial charge in [-0.2, -0.15) is 0 Å². The van der Waals surface area contributed by atoms with Gasteiger partial charge in [-0.05, 0) is 18.6 Å². The molecule has 94 valence electrons. The van der Waals surface area contributed by atoms with E-state index in [0.717, 1.165) is 19.8 Å².